The predicted molar refractivity (Wildman–Crippen MR) is 139 cm³/mol. The summed E-state index contributed by atoms with van der Waals surface area (Å²) in [6, 6.07) is 18.8. The number of anilines is 1. The number of hydrogen-bond donors (Lipinski definition) is 1. The van der Waals surface area contributed by atoms with Gasteiger partial charge >= 0.3 is 0 Å². The largest absolute Gasteiger partial charge is 0.351 e. The van der Waals surface area contributed by atoms with E-state index in [1.165, 1.54) is 17.8 Å². The van der Waals surface area contributed by atoms with E-state index >= 15 is 0 Å². The van der Waals surface area contributed by atoms with E-state index in [9.17, 15) is 9.18 Å². The van der Waals surface area contributed by atoms with Crippen LogP contribution in [0, 0.1) is 5.95 Å². The van der Waals surface area contributed by atoms with E-state index < -0.39 is 5.95 Å². The molecule has 0 unspecified atom stereocenters. The third kappa shape index (κ3) is 3.88. The molecule has 5 heterocycles. The van der Waals surface area contributed by atoms with Gasteiger partial charge in [0.25, 0.3) is 5.56 Å². The van der Waals surface area contributed by atoms with E-state index in [1.807, 2.05) is 47.1 Å². The molecule has 2 atom stereocenters. The van der Waals surface area contributed by atoms with Gasteiger partial charge in [-0.2, -0.15) is 14.5 Å². The topological polar surface area (TPSA) is 90.5 Å². The molecular weight excluding hydrogens is 489 g/mol. The molecule has 1 aliphatic heterocycles. The Morgan fingerprint density at radius 1 is 1.03 bits per heavy atom. The van der Waals surface area contributed by atoms with Crippen LogP contribution < -0.4 is 10.9 Å². The highest BCUT2D eigenvalue weighted by Crippen LogP contribution is 2.42. The second kappa shape index (κ2) is 8.81. The van der Waals surface area contributed by atoms with Crippen molar-refractivity contribution >= 4 is 28.7 Å². The molecule has 8 nitrogen and oxygen atoms in total. The summed E-state index contributed by atoms with van der Waals surface area (Å²) in [4.78, 5) is 26.1. The van der Waals surface area contributed by atoms with Crippen LogP contribution in [-0.2, 0) is 6.54 Å². The van der Waals surface area contributed by atoms with E-state index in [2.05, 4.69) is 24.8 Å². The molecule has 0 bridgehead atoms. The number of nitrogens with one attached hydrogen (secondary N) is 1. The lowest BCUT2D eigenvalue weighted by Crippen LogP contribution is -2.15. The zero-order valence-corrected chi connectivity index (χ0v) is 20.5. The number of hydrogen-bond acceptors (Lipinski definition) is 7. The first-order valence-corrected chi connectivity index (χ1v) is 13.1. The van der Waals surface area contributed by atoms with Gasteiger partial charge in [-0.1, -0.05) is 36.4 Å². The summed E-state index contributed by atoms with van der Waals surface area (Å²) in [6.07, 6.45) is 4.97. The van der Waals surface area contributed by atoms with E-state index in [0.29, 0.717) is 35.3 Å². The standard InChI is InChI=1S/C27H22FN7OS/c28-21-8-4-5-18(30-21)17-12-10-16(11-13-17)15-34-26(37-22-9-1-2-14-29-22)23-24(33-34)35-20-7-3-6-19(20)31-27(35)32-25(23)36/h1-2,4-5,8-14,19-20H,3,6-7,15H2,(H,31,32,36)/t19-,20+/m1/s1. The molecule has 4 aromatic heterocycles. The Balaban J connectivity index is 1.32. The molecule has 7 rings (SSSR count). The number of aromatic nitrogens is 6. The van der Waals surface area contributed by atoms with Crippen molar-refractivity contribution < 1.29 is 4.39 Å². The SMILES string of the molecule is O=c1nc2n(c3nn(Cc4ccc(-c5cccc(F)n5)cc4)c(Sc4ccccn4)c13)[C@H]1CCC[C@H]1N2. The van der Waals surface area contributed by atoms with Crippen LogP contribution >= 0.6 is 11.8 Å². The monoisotopic (exact) mass is 511 g/mol. The summed E-state index contributed by atoms with van der Waals surface area (Å²) in [6.45, 7) is 0.455. The molecule has 37 heavy (non-hydrogen) atoms. The highest BCUT2D eigenvalue weighted by Gasteiger charge is 2.38. The molecule has 10 heteroatoms. The third-order valence-electron chi connectivity index (χ3n) is 7.03. The molecular formula is C27H22FN7OS. The predicted octanol–water partition coefficient (Wildman–Crippen LogP) is 4.91. The second-order valence-corrected chi connectivity index (χ2v) is 10.3. The van der Waals surface area contributed by atoms with Crippen LogP contribution in [0.25, 0.3) is 22.3 Å². The van der Waals surface area contributed by atoms with Crippen molar-refractivity contribution in [2.75, 3.05) is 5.32 Å². The summed E-state index contributed by atoms with van der Waals surface area (Å²) in [5, 5.41) is 10.4. The smallest absolute Gasteiger partial charge is 0.286 e. The fourth-order valence-corrected chi connectivity index (χ4v) is 6.29. The van der Waals surface area contributed by atoms with E-state index in [-0.39, 0.29) is 11.6 Å². The highest BCUT2D eigenvalue weighted by atomic mass is 32.2. The summed E-state index contributed by atoms with van der Waals surface area (Å²) >= 11 is 1.42. The van der Waals surface area contributed by atoms with Gasteiger partial charge in [0.15, 0.2) is 5.65 Å². The minimum Gasteiger partial charge on any atom is -0.351 e. The van der Waals surface area contributed by atoms with Gasteiger partial charge in [-0.15, -0.1) is 0 Å². The number of fused-ring (bicyclic) bond motifs is 5. The minimum atomic E-state index is -0.507. The maximum atomic E-state index is 13.6. The Hall–Kier alpha value is -4.05. The number of rotatable bonds is 5. The molecule has 1 aromatic carbocycles. The molecule has 0 amide bonds. The maximum Gasteiger partial charge on any atom is 0.286 e. The first kappa shape index (κ1) is 22.2. The van der Waals surface area contributed by atoms with Crippen LogP contribution in [0.2, 0.25) is 0 Å². The molecule has 5 aromatic rings. The van der Waals surface area contributed by atoms with Crippen molar-refractivity contribution in [3.05, 3.63) is 88.7 Å². The fraction of sp³-hybridized carbons (Fsp3) is 0.222. The first-order valence-electron chi connectivity index (χ1n) is 12.2. The van der Waals surface area contributed by atoms with Gasteiger partial charge in [0.1, 0.15) is 15.4 Å². The number of pyridine rings is 2. The lowest BCUT2D eigenvalue weighted by atomic mass is 10.1. The molecule has 184 valence electrons. The van der Waals surface area contributed by atoms with Crippen molar-refractivity contribution in [3.63, 3.8) is 0 Å². The molecule has 0 spiro atoms. The number of halogens is 1. The summed E-state index contributed by atoms with van der Waals surface area (Å²) in [5.74, 6) is 0.102. The van der Waals surface area contributed by atoms with Gasteiger partial charge in [-0.25, -0.2) is 9.97 Å². The Morgan fingerprint density at radius 3 is 2.73 bits per heavy atom. The quantitative estimate of drug-likeness (QED) is 0.336. The Kier molecular flexibility index (Phi) is 5.28. The van der Waals surface area contributed by atoms with Crippen LogP contribution in [0.15, 0.2) is 81.7 Å². The number of nitrogens with zero attached hydrogens (tertiary/aromatic N) is 6. The van der Waals surface area contributed by atoms with Gasteiger partial charge in [0, 0.05) is 17.8 Å². The minimum absolute atomic E-state index is 0.250. The summed E-state index contributed by atoms with van der Waals surface area (Å²) < 4.78 is 17.6. The zero-order valence-electron chi connectivity index (χ0n) is 19.7. The van der Waals surface area contributed by atoms with Crippen LogP contribution in [0.5, 0.6) is 0 Å². The molecule has 2 aliphatic rings. The zero-order chi connectivity index (χ0) is 24.9. The fourth-order valence-electron chi connectivity index (χ4n) is 5.34. The molecule has 1 saturated carbocycles. The number of benzene rings is 1. The Labute approximate surface area is 215 Å². The second-order valence-electron chi connectivity index (χ2n) is 9.33. The molecule has 1 aliphatic carbocycles. The van der Waals surface area contributed by atoms with E-state index in [4.69, 9.17) is 5.10 Å². The van der Waals surface area contributed by atoms with Crippen LogP contribution in [-0.4, -0.2) is 35.3 Å². The normalized spacial score (nSPS) is 18.1. The Bertz CT molecular complexity index is 1680. The van der Waals surface area contributed by atoms with Crippen molar-refractivity contribution in [1.29, 1.82) is 0 Å². The molecule has 1 N–H and O–H groups in total. The van der Waals surface area contributed by atoms with Crippen molar-refractivity contribution in [2.45, 2.75) is 47.9 Å². The van der Waals surface area contributed by atoms with Crippen molar-refractivity contribution in [2.24, 2.45) is 0 Å². The lowest BCUT2D eigenvalue weighted by Gasteiger charge is -2.11. The molecule has 0 saturated heterocycles. The maximum absolute atomic E-state index is 13.6. The summed E-state index contributed by atoms with van der Waals surface area (Å²) in [7, 11) is 0. The van der Waals surface area contributed by atoms with Gasteiger partial charge in [-0.3, -0.25) is 14.0 Å². The average molecular weight is 512 g/mol. The summed E-state index contributed by atoms with van der Waals surface area (Å²) in [5.41, 5.74) is 2.78. The van der Waals surface area contributed by atoms with Crippen LogP contribution in [0.4, 0.5) is 10.3 Å². The average Bonchev–Trinajstić information content (AvgIpc) is 3.59. The van der Waals surface area contributed by atoms with Crippen molar-refractivity contribution in [3.8, 4) is 11.3 Å². The van der Waals surface area contributed by atoms with Gasteiger partial charge < -0.3 is 5.32 Å². The Morgan fingerprint density at radius 2 is 1.92 bits per heavy atom. The molecule has 1 fully saturated rings. The first-order chi connectivity index (χ1) is 18.1. The van der Waals surface area contributed by atoms with Gasteiger partial charge in [0.2, 0.25) is 11.9 Å². The third-order valence-corrected chi connectivity index (χ3v) is 8.09. The van der Waals surface area contributed by atoms with Crippen LogP contribution in [0.1, 0.15) is 30.9 Å². The van der Waals surface area contributed by atoms with E-state index in [0.717, 1.165) is 40.4 Å². The van der Waals surface area contributed by atoms with E-state index in [1.54, 1.807) is 18.3 Å². The highest BCUT2D eigenvalue weighted by molar-refractivity contribution is 7.99. The van der Waals surface area contributed by atoms with Gasteiger partial charge in [0.05, 0.1) is 18.3 Å². The van der Waals surface area contributed by atoms with Crippen LogP contribution in [0.3, 0.4) is 0 Å². The van der Waals surface area contributed by atoms with Crippen molar-refractivity contribution in [1.82, 2.24) is 29.3 Å². The van der Waals surface area contributed by atoms with Gasteiger partial charge in [-0.05, 0) is 60.9 Å². The lowest BCUT2D eigenvalue weighted by molar-refractivity contribution is 0.537. The molecule has 0 radical (unpaired) electrons.